The van der Waals surface area contributed by atoms with E-state index in [0.29, 0.717) is 23.4 Å². The molecule has 0 spiro atoms. The summed E-state index contributed by atoms with van der Waals surface area (Å²) in [4.78, 5) is 15.6. The molecule has 2 heterocycles. The van der Waals surface area contributed by atoms with Crippen molar-refractivity contribution >= 4 is 40.1 Å². The average molecular weight is 650 g/mol. The summed E-state index contributed by atoms with van der Waals surface area (Å²) in [6, 6.07) is 29.6. The molecule has 8 rings (SSSR count). The van der Waals surface area contributed by atoms with E-state index in [-0.39, 0.29) is 15.6 Å². The lowest BCUT2D eigenvalue weighted by atomic mass is 9.70. The van der Waals surface area contributed by atoms with Gasteiger partial charge < -0.3 is 4.42 Å². The third-order valence-corrected chi connectivity index (χ3v) is 11.9. The molecule has 0 saturated heterocycles. The summed E-state index contributed by atoms with van der Waals surface area (Å²) in [7, 11) is 0. The minimum atomic E-state index is -0.281. The van der Waals surface area contributed by atoms with Gasteiger partial charge in [-0.25, -0.2) is 15.0 Å². The standard InChI is InChI=1S/C41H37N3OS.C2H6/c1-24-19-20-26(21-24)36-42-37(29-17-12-16-28-27-15-10-11-18-34(27)45-35(28)29)44-38(43-36)31-23-33-32(22-30(31)25-13-8-7-9-14-25)39(2,3)41(6,46)40(33,4)5;1-2/h7-24,46H,1-6H3;1-2H3. The van der Waals surface area contributed by atoms with E-state index < -0.39 is 0 Å². The van der Waals surface area contributed by atoms with E-state index >= 15 is 0 Å². The van der Waals surface area contributed by atoms with Crippen molar-refractivity contribution in [3.63, 3.8) is 0 Å². The fourth-order valence-electron chi connectivity index (χ4n) is 7.45. The summed E-state index contributed by atoms with van der Waals surface area (Å²) < 4.78 is 6.17. The van der Waals surface area contributed by atoms with Crippen molar-refractivity contribution in [1.29, 1.82) is 0 Å². The highest BCUT2D eigenvalue weighted by atomic mass is 32.1. The Hall–Kier alpha value is -4.48. The van der Waals surface area contributed by atoms with Crippen molar-refractivity contribution in [2.45, 2.75) is 71.0 Å². The van der Waals surface area contributed by atoms with E-state index in [0.717, 1.165) is 49.8 Å². The number of para-hydroxylation sites is 2. The van der Waals surface area contributed by atoms with E-state index in [1.165, 1.54) is 11.1 Å². The van der Waals surface area contributed by atoms with Gasteiger partial charge in [0.05, 0.1) is 5.56 Å². The zero-order chi connectivity index (χ0) is 34.0. The normalized spacial score (nSPS) is 20.4. The van der Waals surface area contributed by atoms with Crippen LogP contribution in [0.25, 0.3) is 61.4 Å². The molecule has 2 aliphatic rings. The van der Waals surface area contributed by atoms with Gasteiger partial charge in [-0.1, -0.05) is 127 Å². The third-order valence-electron chi connectivity index (χ3n) is 10.8. The lowest BCUT2D eigenvalue weighted by Crippen LogP contribution is -2.46. The van der Waals surface area contributed by atoms with Crippen LogP contribution in [-0.4, -0.2) is 19.7 Å². The maximum Gasteiger partial charge on any atom is 0.167 e. The van der Waals surface area contributed by atoms with Crippen LogP contribution in [0.4, 0.5) is 0 Å². The second kappa shape index (κ2) is 11.6. The first kappa shape index (κ1) is 32.1. The summed E-state index contributed by atoms with van der Waals surface area (Å²) >= 11 is 5.33. The Labute approximate surface area is 289 Å². The van der Waals surface area contributed by atoms with Gasteiger partial charge in [-0.3, -0.25) is 0 Å². The molecule has 4 nitrogen and oxygen atoms in total. The van der Waals surface area contributed by atoms with Crippen LogP contribution in [0.15, 0.2) is 108 Å². The number of fused-ring (bicyclic) bond motifs is 4. The fraction of sp³-hybridized carbons (Fsp3) is 0.279. The third kappa shape index (κ3) is 4.77. The molecule has 2 atom stereocenters. The Morgan fingerprint density at radius 3 is 1.90 bits per heavy atom. The maximum atomic E-state index is 6.46. The molecule has 242 valence electrons. The van der Waals surface area contributed by atoms with Crippen molar-refractivity contribution in [1.82, 2.24) is 15.0 Å². The van der Waals surface area contributed by atoms with Gasteiger partial charge in [0.15, 0.2) is 17.5 Å². The number of thiol groups is 1. The highest BCUT2D eigenvalue weighted by Gasteiger charge is 2.58. The second-order valence-electron chi connectivity index (χ2n) is 14.1. The lowest BCUT2D eigenvalue weighted by Gasteiger charge is -2.43. The molecule has 4 aromatic carbocycles. The number of rotatable bonds is 4. The molecule has 0 N–H and O–H groups in total. The summed E-state index contributed by atoms with van der Waals surface area (Å²) in [5, 5.41) is 2.12. The van der Waals surface area contributed by atoms with Crippen LogP contribution in [0, 0.1) is 5.92 Å². The van der Waals surface area contributed by atoms with Gasteiger partial charge in [-0.05, 0) is 59.4 Å². The van der Waals surface area contributed by atoms with Crippen molar-refractivity contribution < 1.29 is 4.42 Å². The van der Waals surface area contributed by atoms with Crippen molar-refractivity contribution in [3.05, 3.63) is 120 Å². The summed E-state index contributed by atoms with van der Waals surface area (Å²) in [5.74, 6) is 2.21. The molecule has 2 unspecified atom stereocenters. The van der Waals surface area contributed by atoms with Crippen LogP contribution in [0.2, 0.25) is 0 Å². The summed E-state index contributed by atoms with van der Waals surface area (Å²) in [6.45, 7) is 17.7. The summed E-state index contributed by atoms with van der Waals surface area (Å²) in [6.07, 6.45) is 6.51. The molecule has 48 heavy (non-hydrogen) atoms. The first-order chi connectivity index (χ1) is 23.0. The molecular formula is C43H43N3OS. The Bertz CT molecular complexity index is 2260. The molecule has 0 fully saturated rings. The Balaban J connectivity index is 0.00000179. The number of nitrogens with zero attached hydrogens (tertiary/aromatic N) is 3. The lowest BCUT2D eigenvalue weighted by molar-refractivity contribution is 0.309. The van der Waals surface area contributed by atoms with E-state index in [9.17, 15) is 0 Å². The fourth-order valence-corrected chi connectivity index (χ4v) is 7.69. The van der Waals surface area contributed by atoms with Crippen LogP contribution >= 0.6 is 12.6 Å². The highest BCUT2D eigenvalue weighted by molar-refractivity contribution is 7.82. The number of aromatic nitrogens is 3. The van der Waals surface area contributed by atoms with Crippen molar-refractivity contribution in [2.75, 3.05) is 0 Å². The topological polar surface area (TPSA) is 51.8 Å². The Kier molecular flexibility index (Phi) is 7.75. The second-order valence-corrected chi connectivity index (χ2v) is 15.0. The van der Waals surface area contributed by atoms with Crippen LogP contribution in [0.5, 0.6) is 0 Å². The van der Waals surface area contributed by atoms with Gasteiger partial charge in [0.2, 0.25) is 0 Å². The first-order valence-corrected chi connectivity index (χ1v) is 17.5. The van der Waals surface area contributed by atoms with Crippen molar-refractivity contribution in [3.8, 4) is 33.9 Å². The van der Waals surface area contributed by atoms with Crippen LogP contribution in [0.3, 0.4) is 0 Å². The van der Waals surface area contributed by atoms with Gasteiger partial charge in [-0.15, -0.1) is 0 Å². The van der Waals surface area contributed by atoms with Crippen LogP contribution in [-0.2, 0) is 10.8 Å². The largest absolute Gasteiger partial charge is 0.455 e. The van der Waals surface area contributed by atoms with Crippen LogP contribution < -0.4 is 0 Å². The monoisotopic (exact) mass is 649 g/mol. The average Bonchev–Trinajstić information content (AvgIpc) is 3.74. The molecule has 0 amide bonds. The Morgan fingerprint density at radius 2 is 1.23 bits per heavy atom. The zero-order valence-electron chi connectivity index (χ0n) is 29.1. The Morgan fingerprint density at radius 1 is 0.646 bits per heavy atom. The molecule has 0 bridgehead atoms. The number of allylic oxidation sites excluding steroid dienone is 4. The van der Waals surface area contributed by atoms with Gasteiger partial charge in [-0.2, -0.15) is 12.6 Å². The maximum absolute atomic E-state index is 6.46. The SMILES string of the molecule is CC.CC1C=CC(c2nc(-c3cc4c(cc3-c3ccccc3)C(C)(C)C(C)(S)C4(C)C)nc(-c3cccc4c3oc3ccccc34)n2)=C1. The zero-order valence-corrected chi connectivity index (χ0v) is 30.0. The van der Waals surface area contributed by atoms with E-state index in [2.05, 4.69) is 120 Å². The summed E-state index contributed by atoms with van der Waals surface area (Å²) in [5.41, 5.74) is 8.90. The van der Waals surface area contributed by atoms with E-state index in [1.54, 1.807) is 0 Å². The molecular weight excluding hydrogens is 607 g/mol. The molecule has 6 aromatic rings. The number of furan rings is 1. The molecule has 0 saturated carbocycles. The van der Waals surface area contributed by atoms with Crippen LogP contribution in [0.1, 0.15) is 72.3 Å². The van der Waals surface area contributed by atoms with E-state index in [1.807, 2.05) is 38.1 Å². The molecule has 0 radical (unpaired) electrons. The van der Waals surface area contributed by atoms with Gasteiger partial charge in [0.25, 0.3) is 0 Å². The number of hydrogen-bond acceptors (Lipinski definition) is 5. The predicted molar refractivity (Wildman–Crippen MR) is 204 cm³/mol. The molecule has 2 aliphatic carbocycles. The predicted octanol–water partition coefficient (Wildman–Crippen LogP) is 11.6. The number of hydrogen-bond donors (Lipinski definition) is 1. The molecule has 2 aromatic heterocycles. The van der Waals surface area contributed by atoms with Crippen molar-refractivity contribution in [2.24, 2.45) is 5.92 Å². The van der Waals surface area contributed by atoms with Gasteiger partial charge in [0.1, 0.15) is 11.2 Å². The molecule has 0 aliphatic heterocycles. The quantitative estimate of drug-likeness (QED) is 0.193. The van der Waals surface area contributed by atoms with E-state index in [4.69, 9.17) is 32.0 Å². The minimum absolute atomic E-state index is 0.168. The molecule has 5 heteroatoms. The van der Waals surface area contributed by atoms with Gasteiger partial charge in [0, 0.05) is 37.5 Å². The smallest absolute Gasteiger partial charge is 0.167 e. The highest BCUT2D eigenvalue weighted by Crippen LogP contribution is 2.60. The minimum Gasteiger partial charge on any atom is -0.455 e. The first-order valence-electron chi connectivity index (χ1n) is 17.0. The number of benzene rings is 4. The van der Waals surface area contributed by atoms with Gasteiger partial charge >= 0.3 is 0 Å².